The highest BCUT2D eigenvalue weighted by molar-refractivity contribution is 5.95. The zero-order valence-electron chi connectivity index (χ0n) is 10.9. The van der Waals surface area contributed by atoms with Gasteiger partial charge in [-0.15, -0.1) is 0 Å². The summed E-state index contributed by atoms with van der Waals surface area (Å²) in [5.41, 5.74) is 0.308. The second-order valence-corrected chi connectivity index (χ2v) is 4.31. The molecule has 0 radical (unpaired) electrons. The van der Waals surface area contributed by atoms with E-state index in [1.54, 1.807) is 19.9 Å². The molecule has 0 aliphatic rings. The van der Waals surface area contributed by atoms with Crippen LogP contribution in [0.4, 0.5) is 20.3 Å². The van der Waals surface area contributed by atoms with Crippen molar-refractivity contribution >= 4 is 17.4 Å². The Balaban J connectivity index is 1.98. The minimum Gasteiger partial charge on any atom is -0.374 e. The van der Waals surface area contributed by atoms with E-state index in [1.165, 1.54) is 6.07 Å². The smallest absolute Gasteiger partial charge is 0.247 e. The van der Waals surface area contributed by atoms with Crippen molar-refractivity contribution < 1.29 is 18.1 Å². The van der Waals surface area contributed by atoms with E-state index in [1.807, 2.05) is 0 Å². The maximum Gasteiger partial charge on any atom is 0.247 e. The maximum absolute atomic E-state index is 13.0. The molecule has 0 aliphatic heterocycles. The predicted molar refractivity (Wildman–Crippen MR) is 69.3 cm³/mol. The number of aryl methyl sites for hydroxylation is 1. The minimum absolute atomic E-state index is 0.298. The van der Waals surface area contributed by atoms with Crippen LogP contribution in [0.25, 0.3) is 0 Å². The van der Waals surface area contributed by atoms with Crippen LogP contribution in [-0.2, 0) is 4.79 Å². The average Bonchev–Trinajstić information content (AvgIpc) is 2.79. The number of rotatable bonds is 4. The van der Waals surface area contributed by atoms with Crippen LogP contribution in [0, 0.1) is 18.6 Å². The lowest BCUT2D eigenvalue weighted by atomic mass is 10.2. The summed E-state index contributed by atoms with van der Waals surface area (Å²) in [5.74, 6) is -1.42. The van der Waals surface area contributed by atoms with Crippen LogP contribution in [0.3, 0.4) is 0 Å². The Hall–Kier alpha value is -2.44. The molecule has 0 saturated carbocycles. The van der Waals surface area contributed by atoms with Gasteiger partial charge < -0.3 is 15.2 Å². The van der Waals surface area contributed by atoms with Gasteiger partial charge in [-0.2, -0.15) is 0 Å². The predicted octanol–water partition coefficient (Wildman–Crippen LogP) is 2.70. The van der Waals surface area contributed by atoms with Gasteiger partial charge >= 0.3 is 0 Å². The van der Waals surface area contributed by atoms with E-state index in [0.717, 1.165) is 12.1 Å². The topological polar surface area (TPSA) is 67.2 Å². The molecule has 1 amide bonds. The first-order chi connectivity index (χ1) is 9.45. The SMILES string of the molecule is Cc1cc(NC(=O)C(C)Nc2ccc(F)c(F)c2)no1. The summed E-state index contributed by atoms with van der Waals surface area (Å²) in [4.78, 5) is 11.9. The van der Waals surface area contributed by atoms with Gasteiger partial charge in [-0.1, -0.05) is 5.16 Å². The summed E-state index contributed by atoms with van der Waals surface area (Å²) in [6.07, 6.45) is 0. The second kappa shape index (κ2) is 5.68. The van der Waals surface area contributed by atoms with Crippen molar-refractivity contribution in [3.05, 3.63) is 41.7 Å². The van der Waals surface area contributed by atoms with Gasteiger partial charge in [0.15, 0.2) is 17.5 Å². The Morgan fingerprint density at radius 1 is 1.30 bits per heavy atom. The summed E-state index contributed by atoms with van der Waals surface area (Å²) in [6, 6.07) is 4.24. The minimum atomic E-state index is -0.977. The molecule has 2 N–H and O–H groups in total. The quantitative estimate of drug-likeness (QED) is 0.904. The summed E-state index contributed by atoms with van der Waals surface area (Å²) in [5, 5.41) is 8.92. The molecule has 1 atom stereocenters. The molecular formula is C13H13F2N3O2. The molecule has 0 aliphatic carbocycles. The van der Waals surface area contributed by atoms with Gasteiger partial charge in [-0.3, -0.25) is 4.79 Å². The molecule has 2 aromatic rings. The first kappa shape index (κ1) is 14.0. The molecule has 106 valence electrons. The lowest BCUT2D eigenvalue weighted by Gasteiger charge is -2.14. The van der Waals surface area contributed by atoms with Gasteiger partial charge in [0.05, 0.1) is 0 Å². The molecule has 1 unspecified atom stereocenters. The van der Waals surface area contributed by atoms with Gasteiger partial charge in [0.25, 0.3) is 0 Å². The number of nitrogens with one attached hydrogen (secondary N) is 2. The monoisotopic (exact) mass is 281 g/mol. The Bertz CT molecular complexity index is 628. The molecule has 1 aromatic carbocycles. The Morgan fingerprint density at radius 2 is 2.05 bits per heavy atom. The number of benzene rings is 1. The van der Waals surface area contributed by atoms with Crippen LogP contribution >= 0.6 is 0 Å². The van der Waals surface area contributed by atoms with Gasteiger partial charge in [0, 0.05) is 17.8 Å². The number of anilines is 2. The number of amides is 1. The van der Waals surface area contributed by atoms with E-state index >= 15 is 0 Å². The number of nitrogens with zero attached hydrogens (tertiary/aromatic N) is 1. The highest BCUT2D eigenvalue weighted by Gasteiger charge is 2.15. The summed E-state index contributed by atoms with van der Waals surface area (Å²) in [7, 11) is 0. The number of aromatic nitrogens is 1. The van der Waals surface area contributed by atoms with E-state index in [2.05, 4.69) is 15.8 Å². The standard InChI is InChI=1S/C13H13F2N3O2/c1-7-5-12(18-20-7)17-13(19)8(2)16-9-3-4-10(14)11(15)6-9/h3-6,8,16H,1-2H3,(H,17,18,19). The second-order valence-electron chi connectivity index (χ2n) is 4.31. The van der Waals surface area contributed by atoms with Crippen molar-refractivity contribution in [2.45, 2.75) is 19.9 Å². The number of hydrogen-bond acceptors (Lipinski definition) is 4. The Morgan fingerprint density at radius 3 is 2.65 bits per heavy atom. The van der Waals surface area contributed by atoms with Crippen molar-refractivity contribution in [2.75, 3.05) is 10.6 Å². The third-order valence-electron chi connectivity index (χ3n) is 2.58. The van der Waals surface area contributed by atoms with Gasteiger partial charge in [-0.05, 0) is 26.0 Å². The van der Waals surface area contributed by atoms with E-state index in [4.69, 9.17) is 4.52 Å². The van der Waals surface area contributed by atoms with Crippen molar-refractivity contribution in [1.82, 2.24) is 5.16 Å². The fourth-order valence-corrected chi connectivity index (χ4v) is 1.56. The normalized spacial score (nSPS) is 12.0. The van der Waals surface area contributed by atoms with Crippen LogP contribution in [0.5, 0.6) is 0 Å². The molecule has 0 fully saturated rings. The van der Waals surface area contributed by atoms with Crippen molar-refractivity contribution in [3.8, 4) is 0 Å². The van der Waals surface area contributed by atoms with Crippen LogP contribution in [0.2, 0.25) is 0 Å². The van der Waals surface area contributed by atoms with Crippen molar-refractivity contribution in [2.24, 2.45) is 0 Å². The average molecular weight is 281 g/mol. The van der Waals surface area contributed by atoms with E-state index in [9.17, 15) is 13.6 Å². The van der Waals surface area contributed by atoms with Gasteiger partial charge in [-0.25, -0.2) is 8.78 Å². The summed E-state index contributed by atoms with van der Waals surface area (Å²) >= 11 is 0. The summed E-state index contributed by atoms with van der Waals surface area (Å²) in [6.45, 7) is 3.29. The fourth-order valence-electron chi connectivity index (χ4n) is 1.56. The lowest BCUT2D eigenvalue weighted by Crippen LogP contribution is -2.32. The molecule has 2 rings (SSSR count). The number of halogens is 2. The zero-order chi connectivity index (χ0) is 14.7. The third kappa shape index (κ3) is 3.31. The molecule has 5 nitrogen and oxygen atoms in total. The fraction of sp³-hybridized carbons (Fsp3) is 0.231. The van der Waals surface area contributed by atoms with Crippen LogP contribution < -0.4 is 10.6 Å². The largest absolute Gasteiger partial charge is 0.374 e. The Labute approximate surface area is 114 Å². The van der Waals surface area contributed by atoms with E-state index in [-0.39, 0.29) is 5.91 Å². The molecule has 0 saturated heterocycles. The molecule has 20 heavy (non-hydrogen) atoms. The molecule has 1 aromatic heterocycles. The highest BCUT2D eigenvalue weighted by Crippen LogP contribution is 2.14. The first-order valence-corrected chi connectivity index (χ1v) is 5.91. The molecular weight excluding hydrogens is 268 g/mol. The molecule has 0 bridgehead atoms. The lowest BCUT2D eigenvalue weighted by molar-refractivity contribution is -0.116. The number of hydrogen-bond donors (Lipinski definition) is 2. The van der Waals surface area contributed by atoms with Crippen LogP contribution in [0.15, 0.2) is 28.8 Å². The van der Waals surface area contributed by atoms with Crippen molar-refractivity contribution in [1.29, 1.82) is 0 Å². The van der Waals surface area contributed by atoms with Gasteiger partial charge in [0.2, 0.25) is 5.91 Å². The van der Waals surface area contributed by atoms with E-state index in [0.29, 0.717) is 17.3 Å². The van der Waals surface area contributed by atoms with Crippen LogP contribution in [-0.4, -0.2) is 17.1 Å². The van der Waals surface area contributed by atoms with Crippen molar-refractivity contribution in [3.63, 3.8) is 0 Å². The third-order valence-corrected chi connectivity index (χ3v) is 2.58. The molecule has 0 spiro atoms. The highest BCUT2D eigenvalue weighted by atomic mass is 19.2. The van der Waals surface area contributed by atoms with E-state index < -0.39 is 17.7 Å². The number of carbonyl (C=O) groups excluding carboxylic acids is 1. The maximum atomic E-state index is 13.0. The first-order valence-electron chi connectivity index (χ1n) is 5.91. The summed E-state index contributed by atoms with van der Waals surface area (Å²) < 4.78 is 30.6. The van der Waals surface area contributed by atoms with Crippen LogP contribution in [0.1, 0.15) is 12.7 Å². The zero-order valence-corrected chi connectivity index (χ0v) is 10.9. The number of carbonyl (C=O) groups is 1. The Kier molecular flexibility index (Phi) is 3.97. The molecule has 7 heteroatoms. The van der Waals surface area contributed by atoms with Gasteiger partial charge in [0.1, 0.15) is 11.8 Å². The molecule has 1 heterocycles.